The van der Waals surface area contributed by atoms with E-state index in [9.17, 15) is 8.78 Å². The lowest BCUT2D eigenvalue weighted by Gasteiger charge is -2.11. The molecule has 2 nitrogen and oxygen atoms in total. The minimum absolute atomic E-state index is 0.147. The number of anilines is 3. The van der Waals surface area contributed by atoms with E-state index < -0.39 is 11.6 Å². The number of hydrogen-bond acceptors (Lipinski definition) is 2. The summed E-state index contributed by atoms with van der Waals surface area (Å²) in [5, 5.41) is 3.26. The highest BCUT2D eigenvalue weighted by Gasteiger charge is 2.10. The Bertz CT molecular complexity index is 605. The number of halogens is 4. The van der Waals surface area contributed by atoms with Gasteiger partial charge in [0.2, 0.25) is 0 Å². The third-order valence-electron chi connectivity index (χ3n) is 2.29. The minimum Gasteiger partial charge on any atom is -0.395 e. The summed E-state index contributed by atoms with van der Waals surface area (Å²) in [6.07, 6.45) is 0. The van der Waals surface area contributed by atoms with Gasteiger partial charge in [0.15, 0.2) is 5.82 Å². The Hall–Kier alpha value is -1.08. The molecule has 0 aliphatic carbocycles. The Morgan fingerprint density at radius 2 is 1.83 bits per heavy atom. The van der Waals surface area contributed by atoms with Gasteiger partial charge in [-0.1, -0.05) is 11.6 Å². The number of nitrogens with one attached hydrogen (secondary N) is 1. The first-order chi connectivity index (χ1) is 8.47. The summed E-state index contributed by atoms with van der Waals surface area (Å²) < 4.78 is 27.3. The van der Waals surface area contributed by atoms with Crippen molar-refractivity contribution in [1.82, 2.24) is 0 Å². The first-order valence-electron chi connectivity index (χ1n) is 4.94. The maximum absolute atomic E-state index is 13.3. The zero-order chi connectivity index (χ0) is 13.3. The van der Waals surface area contributed by atoms with E-state index in [2.05, 4.69) is 27.9 Å². The van der Waals surface area contributed by atoms with Gasteiger partial charge in [-0.25, -0.2) is 8.78 Å². The van der Waals surface area contributed by atoms with Crippen molar-refractivity contribution in [3.8, 4) is 0 Å². The molecule has 0 atom stereocenters. The SMILES string of the molecule is Nc1c(F)cc(F)cc1Nc1ccc(I)cc1Cl. The maximum atomic E-state index is 13.3. The molecule has 0 bridgehead atoms. The number of benzene rings is 2. The van der Waals surface area contributed by atoms with Crippen LogP contribution >= 0.6 is 34.2 Å². The fraction of sp³-hybridized carbons (Fsp3) is 0. The number of nitrogen functional groups attached to an aromatic ring is 1. The third-order valence-corrected chi connectivity index (χ3v) is 3.28. The molecule has 2 rings (SSSR count). The molecule has 0 saturated heterocycles. The number of rotatable bonds is 2. The second kappa shape index (κ2) is 5.27. The second-order valence-corrected chi connectivity index (χ2v) is 5.25. The van der Waals surface area contributed by atoms with E-state index in [4.69, 9.17) is 17.3 Å². The molecule has 0 aliphatic heterocycles. The number of hydrogen-bond donors (Lipinski definition) is 2. The van der Waals surface area contributed by atoms with Crippen molar-refractivity contribution in [3.63, 3.8) is 0 Å². The summed E-state index contributed by atoms with van der Waals surface area (Å²) in [6.45, 7) is 0. The van der Waals surface area contributed by atoms with Crippen LogP contribution in [0.3, 0.4) is 0 Å². The molecule has 3 N–H and O–H groups in total. The Morgan fingerprint density at radius 3 is 2.50 bits per heavy atom. The molecule has 94 valence electrons. The standard InChI is InChI=1S/C12H8ClF2IN2/c13-8-5-7(16)1-2-10(8)18-11-4-6(14)3-9(15)12(11)17/h1-5,18H,17H2. The first kappa shape index (κ1) is 13.4. The van der Waals surface area contributed by atoms with Crippen molar-refractivity contribution in [3.05, 3.63) is 50.6 Å². The van der Waals surface area contributed by atoms with Crippen molar-refractivity contribution < 1.29 is 8.78 Å². The van der Waals surface area contributed by atoms with Crippen LogP contribution in [0, 0.1) is 15.2 Å². The fourth-order valence-electron chi connectivity index (χ4n) is 1.42. The molecular weight excluding hydrogens is 372 g/mol. The molecule has 0 aliphatic rings. The highest BCUT2D eigenvalue weighted by Crippen LogP contribution is 2.31. The smallest absolute Gasteiger partial charge is 0.151 e. The minimum atomic E-state index is -0.806. The van der Waals surface area contributed by atoms with E-state index in [1.54, 1.807) is 12.1 Å². The van der Waals surface area contributed by atoms with Crippen LogP contribution in [0.5, 0.6) is 0 Å². The average molecular weight is 381 g/mol. The van der Waals surface area contributed by atoms with E-state index in [-0.39, 0.29) is 11.4 Å². The first-order valence-corrected chi connectivity index (χ1v) is 6.39. The van der Waals surface area contributed by atoms with Gasteiger partial charge < -0.3 is 11.1 Å². The van der Waals surface area contributed by atoms with Crippen LogP contribution in [-0.4, -0.2) is 0 Å². The summed E-state index contributed by atoms with van der Waals surface area (Å²) in [5.74, 6) is -1.51. The maximum Gasteiger partial charge on any atom is 0.151 e. The van der Waals surface area contributed by atoms with Gasteiger partial charge in [0.25, 0.3) is 0 Å². The van der Waals surface area contributed by atoms with Gasteiger partial charge in [0.05, 0.1) is 22.1 Å². The normalized spacial score (nSPS) is 10.4. The van der Waals surface area contributed by atoms with Gasteiger partial charge in [-0.3, -0.25) is 0 Å². The molecule has 0 heterocycles. The van der Waals surface area contributed by atoms with Crippen molar-refractivity contribution in [2.75, 3.05) is 11.1 Å². The van der Waals surface area contributed by atoms with E-state index in [0.717, 1.165) is 15.7 Å². The molecule has 0 aromatic heterocycles. The lowest BCUT2D eigenvalue weighted by atomic mass is 10.2. The zero-order valence-electron chi connectivity index (χ0n) is 8.98. The van der Waals surface area contributed by atoms with Crippen molar-refractivity contribution >= 4 is 51.3 Å². The third kappa shape index (κ3) is 2.84. The van der Waals surface area contributed by atoms with Gasteiger partial charge >= 0.3 is 0 Å². The molecule has 0 fully saturated rings. The van der Waals surface area contributed by atoms with Gasteiger partial charge in [-0.15, -0.1) is 0 Å². The Balaban J connectivity index is 2.40. The van der Waals surface area contributed by atoms with Gasteiger partial charge in [0.1, 0.15) is 5.82 Å². The monoisotopic (exact) mass is 380 g/mol. The van der Waals surface area contributed by atoms with Crippen LogP contribution in [-0.2, 0) is 0 Å². The summed E-state index contributed by atoms with van der Waals surface area (Å²) in [6, 6.07) is 7.12. The topological polar surface area (TPSA) is 38.0 Å². The molecule has 0 radical (unpaired) electrons. The van der Waals surface area contributed by atoms with Crippen LogP contribution in [0.2, 0.25) is 5.02 Å². The summed E-state index contributed by atoms with van der Waals surface area (Å²) in [5.41, 5.74) is 6.07. The Morgan fingerprint density at radius 1 is 1.11 bits per heavy atom. The molecule has 18 heavy (non-hydrogen) atoms. The van der Waals surface area contributed by atoms with Gasteiger partial charge in [0, 0.05) is 9.64 Å². The van der Waals surface area contributed by atoms with E-state index in [1.807, 2.05) is 6.07 Å². The molecule has 2 aromatic rings. The Kier molecular flexibility index (Phi) is 3.91. The van der Waals surface area contributed by atoms with Gasteiger partial charge in [-0.2, -0.15) is 0 Å². The van der Waals surface area contributed by atoms with Crippen LogP contribution in [0.4, 0.5) is 25.8 Å². The molecule has 0 unspecified atom stereocenters. The summed E-state index contributed by atoms with van der Waals surface area (Å²) >= 11 is 8.13. The van der Waals surface area contributed by atoms with E-state index >= 15 is 0 Å². The van der Waals surface area contributed by atoms with Crippen molar-refractivity contribution in [2.45, 2.75) is 0 Å². The largest absolute Gasteiger partial charge is 0.395 e. The highest BCUT2D eigenvalue weighted by molar-refractivity contribution is 14.1. The summed E-state index contributed by atoms with van der Waals surface area (Å²) in [4.78, 5) is 0. The zero-order valence-corrected chi connectivity index (χ0v) is 11.9. The lowest BCUT2D eigenvalue weighted by molar-refractivity contribution is 0.587. The second-order valence-electron chi connectivity index (χ2n) is 3.60. The molecule has 6 heteroatoms. The highest BCUT2D eigenvalue weighted by atomic mass is 127. The van der Waals surface area contributed by atoms with Gasteiger partial charge in [-0.05, 0) is 46.9 Å². The van der Waals surface area contributed by atoms with Crippen LogP contribution < -0.4 is 11.1 Å². The number of nitrogens with two attached hydrogens (primary N) is 1. The predicted octanol–water partition coefficient (Wildman–Crippen LogP) is 4.55. The molecule has 2 aromatic carbocycles. The van der Waals surface area contributed by atoms with Crippen molar-refractivity contribution in [2.24, 2.45) is 0 Å². The van der Waals surface area contributed by atoms with Crippen LogP contribution in [0.25, 0.3) is 0 Å². The van der Waals surface area contributed by atoms with Crippen molar-refractivity contribution in [1.29, 1.82) is 0 Å². The molecule has 0 spiro atoms. The van der Waals surface area contributed by atoms with Crippen LogP contribution in [0.1, 0.15) is 0 Å². The molecule has 0 saturated carbocycles. The average Bonchev–Trinajstić information content (AvgIpc) is 2.29. The summed E-state index contributed by atoms with van der Waals surface area (Å²) in [7, 11) is 0. The quantitative estimate of drug-likeness (QED) is 0.593. The lowest BCUT2D eigenvalue weighted by Crippen LogP contribution is -2.00. The van der Waals surface area contributed by atoms with E-state index in [0.29, 0.717) is 10.7 Å². The van der Waals surface area contributed by atoms with Crippen LogP contribution in [0.15, 0.2) is 30.3 Å². The Labute approximate surface area is 121 Å². The van der Waals surface area contributed by atoms with E-state index in [1.165, 1.54) is 0 Å². The predicted molar refractivity (Wildman–Crippen MR) is 78.2 cm³/mol. The molecule has 0 amide bonds. The fourth-order valence-corrected chi connectivity index (χ4v) is 2.33. The molecular formula is C12H8ClF2IN2.